The van der Waals surface area contributed by atoms with Crippen LogP contribution in [0.25, 0.3) is 0 Å². The lowest BCUT2D eigenvalue weighted by Crippen LogP contribution is -2.35. The van der Waals surface area contributed by atoms with Crippen molar-refractivity contribution in [2.45, 2.75) is 37.6 Å². The predicted molar refractivity (Wildman–Crippen MR) is 78.6 cm³/mol. The second-order valence-corrected chi connectivity index (χ2v) is 6.30. The maximum Gasteiger partial charge on any atom is 0.242 e. The molecule has 6 nitrogen and oxygen atoms in total. The molecule has 7 heteroatoms. The third kappa shape index (κ3) is 4.82. The number of hydrogen-bond acceptors (Lipinski definition) is 4. The molecule has 0 heterocycles. The molecule has 1 rings (SSSR count). The van der Waals surface area contributed by atoms with Crippen LogP contribution in [0.5, 0.6) is 0 Å². The van der Waals surface area contributed by atoms with Crippen molar-refractivity contribution in [3.63, 3.8) is 0 Å². The smallest absolute Gasteiger partial charge is 0.242 e. The highest BCUT2D eigenvalue weighted by atomic mass is 32.2. The molecular weight excluding hydrogens is 278 g/mol. The maximum absolute atomic E-state index is 12.0. The lowest BCUT2D eigenvalue weighted by atomic mass is 10.2. The van der Waals surface area contributed by atoms with E-state index < -0.39 is 10.0 Å². The Hall–Kier alpha value is -1.60. The Kier molecular flexibility index (Phi) is 5.97. The van der Waals surface area contributed by atoms with Crippen molar-refractivity contribution < 1.29 is 13.2 Å². The Morgan fingerprint density at radius 2 is 2.00 bits per heavy atom. The van der Waals surface area contributed by atoms with Gasteiger partial charge in [-0.05, 0) is 25.5 Å². The number of nitrogens with two attached hydrogens (primary N) is 1. The van der Waals surface area contributed by atoms with E-state index in [-0.39, 0.29) is 35.5 Å². The van der Waals surface area contributed by atoms with Crippen molar-refractivity contribution in [2.24, 2.45) is 0 Å². The van der Waals surface area contributed by atoms with Gasteiger partial charge in [-0.3, -0.25) is 4.79 Å². The fourth-order valence-corrected chi connectivity index (χ4v) is 2.71. The van der Waals surface area contributed by atoms with Crippen molar-refractivity contribution in [2.75, 3.05) is 12.3 Å². The highest BCUT2D eigenvalue weighted by Gasteiger charge is 2.16. The van der Waals surface area contributed by atoms with Gasteiger partial charge in [-0.1, -0.05) is 19.1 Å². The Bertz CT molecular complexity index is 558. The van der Waals surface area contributed by atoms with Gasteiger partial charge in [0.25, 0.3) is 0 Å². The van der Waals surface area contributed by atoms with Crippen molar-refractivity contribution >= 4 is 21.6 Å². The minimum atomic E-state index is -3.68. The number of carbonyl (C=O) groups is 1. The SMILES string of the molecule is CCC(C)NC(=O)CCNS(=O)(=O)c1ccccc1N. The van der Waals surface area contributed by atoms with Crippen molar-refractivity contribution in [1.29, 1.82) is 0 Å². The van der Waals surface area contributed by atoms with Gasteiger partial charge < -0.3 is 11.1 Å². The maximum atomic E-state index is 12.0. The molecular formula is C13H21N3O3S. The van der Waals surface area contributed by atoms with Gasteiger partial charge >= 0.3 is 0 Å². The fraction of sp³-hybridized carbons (Fsp3) is 0.462. The summed E-state index contributed by atoms with van der Waals surface area (Å²) in [6, 6.07) is 6.29. The second-order valence-electron chi connectivity index (χ2n) is 4.56. The largest absolute Gasteiger partial charge is 0.398 e. The Balaban J connectivity index is 2.53. The summed E-state index contributed by atoms with van der Waals surface area (Å²) < 4.78 is 26.3. The first-order valence-corrected chi connectivity index (χ1v) is 7.98. The molecule has 112 valence electrons. The van der Waals surface area contributed by atoms with Crippen molar-refractivity contribution in [3.8, 4) is 0 Å². The number of carbonyl (C=O) groups excluding carboxylic acids is 1. The average molecular weight is 299 g/mol. The fourth-order valence-electron chi connectivity index (χ4n) is 1.55. The number of benzene rings is 1. The molecule has 4 N–H and O–H groups in total. The van der Waals surface area contributed by atoms with E-state index in [1.165, 1.54) is 12.1 Å². The monoisotopic (exact) mass is 299 g/mol. The first kappa shape index (κ1) is 16.5. The molecule has 1 amide bonds. The molecule has 0 aliphatic heterocycles. The number of para-hydroxylation sites is 1. The Morgan fingerprint density at radius 1 is 1.35 bits per heavy atom. The van der Waals surface area contributed by atoms with Gasteiger partial charge in [0.05, 0.1) is 5.69 Å². The molecule has 0 aliphatic rings. The molecule has 0 saturated carbocycles. The van der Waals surface area contributed by atoms with E-state index in [1.807, 2.05) is 13.8 Å². The van der Waals surface area contributed by atoms with Crippen LogP contribution in [0.4, 0.5) is 5.69 Å². The van der Waals surface area contributed by atoms with Crippen LogP contribution in [0.2, 0.25) is 0 Å². The van der Waals surface area contributed by atoms with Crippen LogP contribution >= 0.6 is 0 Å². The molecule has 1 aromatic rings. The molecule has 0 bridgehead atoms. The first-order chi connectivity index (χ1) is 9.36. The third-order valence-corrected chi connectivity index (χ3v) is 4.41. The number of rotatable bonds is 7. The van der Waals surface area contributed by atoms with Crippen molar-refractivity contribution in [3.05, 3.63) is 24.3 Å². The van der Waals surface area contributed by atoms with Gasteiger partial charge in [-0.25, -0.2) is 13.1 Å². The first-order valence-electron chi connectivity index (χ1n) is 6.50. The lowest BCUT2D eigenvalue weighted by molar-refractivity contribution is -0.121. The van der Waals surface area contributed by atoms with Crippen molar-refractivity contribution in [1.82, 2.24) is 10.0 Å². The number of anilines is 1. The lowest BCUT2D eigenvalue weighted by Gasteiger charge is -2.12. The van der Waals surface area contributed by atoms with E-state index in [9.17, 15) is 13.2 Å². The molecule has 1 atom stereocenters. The summed E-state index contributed by atoms with van der Waals surface area (Å²) >= 11 is 0. The Morgan fingerprint density at radius 3 is 2.60 bits per heavy atom. The predicted octanol–water partition coefficient (Wildman–Crippen LogP) is 0.852. The molecule has 0 aromatic heterocycles. The standard InChI is InChI=1S/C13H21N3O3S/c1-3-10(2)16-13(17)8-9-15-20(18,19)12-7-5-4-6-11(12)14/h4-7,10,15H,3,8-9,14H2,1-2H3,(H,16,17). The zero-order valence-electron chi connectivity index (χ0n) is 11.7. The van der Waals surface area contributed by atoms with Crippen LogP contribution in [0.15, 0.2) is 29.2 Å². The highest BCUT2D eigenvalue weighted by Crippen LogP contribution is 2.16. The van der Waals surface area contributed by atoms with E-state index in [1.54, 1.807) is 12.1 Å². The Labute approximate surface area is 119 Å². The number of amides is 1. The number of nitrogens with one attached hydrogen (secondary N) is 2. The van der Waals surface area contributed by atoms with Gasteiger partial charge in [-0.15, -0.1) is 0 Å². The average Bonchev–Trinajstić information content (AvgIpc) is 2.38. The summed E-state index contributed by atoms with van der Waals surface area (Å²) in [6.45, 7) is 3.90. The highest BCUT2D eigenvalue weighted by molar-refractivity contribution is 7.89. The summed E-state index contributed by atoms with van der Waals surface area (Å²) in [4.78, 5) is 11.6. The van der Waals surface area contributed by atoms with Crippen LogP contribution in [0, 0.1) is 0 Å². The van der Waals surface area contributed by atoms with Crippen LogP contribution < -0.4 is 15.8 Å². The van der Waals surface area contributed by atoms with E-state index >= 15 is 0 Å². The molecule has 1 aromatic carbocycles. The number of hydrogen-bond donors (Lipinski definition) is 3. The van der Waals surface area contributed by atoms with Gasteiger partial charge in [0.1, 0.15) is 4.90 Å². The molecule has 20 heavy (non-hydrogen) atoms. The molecule has 0 aliphatic carbocycles. The molecule has 0 radical (unpaired) electrons. The summed E-state index contributed by atoms with van der Waals surface area (Å²) in [5, 5.41) is 2.77. The zero-order chi connectivity index (χ0) is 15.2. The quantitative estimate of drug-likeness (QED) is 0.650. The summed E-state index contributed by atoms with van der Waals surface area (Å²) in [6.07, 6.45) is 0.925. The zero-order valence-corrected chi connectivity index (χ0v) is 12.5. The van der Waals surface area contributed by atoms with Crippen LogP contribution in [0.1, 0.15) is 26.7 Å². The van der Waals surface area contributed by atoms with E-state index in [4.69, 9.17) is 5.73 Å². The number of sulfonamides is 1. The van der Waals surface area contributed by atoms with Gasteiger partial charge in [-0.2, -0.15) is 0 Å². The minimum absolute atomic E-state index is 0.0299. The number of nitrogen functional groups attached to an aromatic ring is 1. The molecule has 0 fully saturated rings. The molecule has 0 spiro atoms. The summed E-state index contributed by atoms with van der Waals surface area (Å²) in [5.74, 6) is -0.178. The van der Waals surface area contributed by atoms with Gasteiger partial charge in [0.15, 0.2) is 0 Å². The molecule has 1 unspecified atom stereocenters. The van der Waals surface area contributed by atoms with Crippen LogP contribution in [0.3, 0.4) is 0 Å². The normalized spacial score (nSPS) is 12.9. The third-order valence-electron chi connectivity index (χ3n) is 2.87. The topological polar surface area (TPSA) is 101 Å². The minimum Gasteiger partial charge on any atom is -0.398 e. The van der Waals surface area contributed by atoms with Crippen LogP contribution in [-0.2, 0) is 14.8 Å². The summed E-state index contributed by atoms with van der Waals surface area (Å²) in [5.41, 5.74) is 5.81. The van der Waals surface area contributed by atoms with E-state index in [2.05, 4.69) is 10.0 Å². The van der Waals surface area contributed by atoms with E-state index in [0.29, 0.717) is 0 Å². The van der Waals surface area contributed by atoms with Gasteiger partial charge in [0, 0.05) is 19.0 Å². The van der Waals surface area contributed by atoms with Gasteiger partial charge in [0.2, 0.25) is 15.9 Å². The summed E-state index contributed by atoms with van der Waals surface area (Å²) in [7, 11) is -3.68. The second kappa shape index (κ2) is 7.25. The van der Waals surface area contributed by atoms with E-state index in [0.717, 1.165) is 6.42 Å². The molecule has 0 saturated heterocycles. The van der Waals surface area contributed by atoms with Crippen LogP contribution in [-0.4, -0.2) is 26.9 Å².